The Morgan fingerprint density at radius 3 is 1.95 bits per heavy atom. The van der Waals surface area contributed by atoms with Gasteiger partial charge in [0, 0.05) is 5.56 Å². The van der Waals surface area contributed by atoms with Gasteiger partial charge >= 0.3 is 0 Å². The first-order chi connectivity index (χ1) is 10.2. The monoisotopic (exact) mass is 304 g/mol. The molecule has 122 valence electrons. The molecule has 0 fully saturated rings. The molecule has 0 aromatic heterocycles. The topological polar surface area (TPSA) is 65.2 Å². The fourth-order valence-electron chi connectivity index (χ4n) is 2.72. The Kier molecular flexibility index (Phi) is 6.15. The Morgan fingerprint density at radius 2 is 1.59 bits per heavy atom. The van der Waals surface area contributed by atoms with Gasteiger partial charge in [-0.25, -0.2) is 0 Å². The lowest BCUT2D eigenvalue weighted by atomic mass is 9.72. The van der Waals surface area contributed by atoms with Crippen molar-refractivity contribution in [3.8, 4) is 0 Å². The fraction of sp³-hybridized carbons (Fsp3) is 0.556. The van der Waals surface area contributed by atoms with Gasteiger partial charge in [-0.1, -0.05) is 69.2 Å². The van der Waals surface area contributed by atoms with E-state index >= 15 is 0 Å². The van der Waals surface area contributed by atoms with Gasteiger partial charge in [0.05, 0.1) is 0 Å². The molecule has 0 saturated carbocycles. The minimum Gasteiger partial charge on any atom is -0.411 e. The highest BCUT2D eigenvalue weighted by Crippen LogP contribution is 2.39. The summed E-state index contributed by atoms with van der Waals surface area (Å²) in [4.78, 5) is 0. The van der Waals surface area contributed by atoms with Crippen LogP contribution in [0.5, 0.6) is 0 Å². The molecule has 0 aliphatic rings. The number of nitrogens with zero attached hydrogens (tertiary/aromatic N) is 2. The number of hydrogen-bond acceptors (Lipinski definition) is 4. The summed E-state index contributed by atoms with van der Waals surface area (Å²) in [5.74, 6) is 1.09. The summed E-state index contributed by atoms with van der Waals surface area (Å²) in [7, 11) is 0. The van der Waals surface area contributed by atoms with Crippen LogP contribution in [0.2, 0.25) is 0 Å². The number of benzene rings is 1. The molecule has 22 heavy (non-hydrogen) atoms. The standard InChI is InChI=1S/C18H28N2O2/c1-12(2)11-16(18(4,5)6)14-7-9-15(10-8-14)17(20-22)13(3)19-21/h7-10,12,16,21-22H,11H2,1-6H3/b19-13+,20-17-. The average Bonchev–Trinajstić information content (AvgIpc) is 2.45. The lowest BCUT2D eigenvalue weighted by Crippen LogP contribution is -2.20. The summed E-state index contributed by atoms with van der Waals surface area (Å²) in [6.45, 7) is 12.9. The lowest BCUT2D eigenvalue weighted by Gasteiger charge is -2.32. The summed E-state index contributed by atoms with van der Waals surface area (Å²) in [5.41, 5.74) is 2.76. The van der Waals surface area contributed by atoms with Crippen LogP contribution in [0.25, 0.3) is 0 Å². The molecule has 1 atom stereocenters. The zero-order valence-electron chi connectivity index (χ0n) is 14.5. The predicted octanol–water partition coefficient (Wildman–Crippen LogP) is 4.89. The van der Waals surface area contributed by atoms with Gasteiger partial charge in [0.1, 0.15) is 11.4 Å². The molecule has 0 saturated heterocycles. The summed E-state index contributed by atoms with van der Waals surface area (Å²) in [6, 6.07) is 7.98. The Bertz CT molecular complexity index is 537. The molecule has 0 aliphatic heterocycles. The maximum absolute atomic E-state index is 9.10. The number of oxime groups is 2. The summed E-state index contributed by atoms with van der Waals surface area (Å²) in [5, 5.41) is 24.3. The third-order valence-electron chi connectivity index (χ3n) is 3.93. The third kappa shape index (κ3) is 4.58. The molecule has 0 radical (unpaired) electrons. The molecular weight excluding hydrogens is 276 g/mol. The summed E-state index contributed by atoms with van der Waals surface area (Å²) in [6.07, 6.45) is 1.13. The van der Waals surface area contributed by atoms with Gasteiger partial charge in [-0.3, -0.25) is 0 Å². The minimum absolute atomic E-state index is 0.183. The third-order valence-corrected chi connectivity index (χ3v) is 3.93. The van der Waals surface area contributed by atoms with Gasteiger partial charge in [0.2, 0.25) is 0 Å². The number of hydrogen-bond donors (Lipinski definition) is 2. The lowest BCUT2D eigenvalue weighted by molar-refractivity contribution is 0.280. The van der Waals surface area contributed by atoms with E-state index in [4.69, 9.17) is 10.4 Å². The van der Waals surface area contributed by atoms with E-state index in [1.807, 2.05) is 12.1 Å². The van der Waals surface area contributed by atoms with Gasteiger partial charge < -0.3 is 10.4 Å². The van der Waals surface area contributed by atoms with Gasteiger partial charge in [0.25, 0.3) is 0 Å². The van der Waals surface area contributed by atoms with Gasteiger partial charge in [-0.15, -0.1) is 0 Å². The van der Waals surface area contributed by atoms with Crippen molar-refractivity contribution in [2.45, 2.75) is 53.9 Å². The molecule has 0 aliphatic carbocycles. The normalized spacial score (nSPS) is 15.2. The van der Waals surface area contributed by atoms with Crippen LogP contribution in [0.1, 0.15) is 65.0 Å². The van der Waals surface area contributed by atoms with Crippen molar-refractivity contribution in [2.24, 2.45) is 21.6 Å². The predicted molar refractivity (Wildman–Crippen MR) is 91.3 cm³/mol. The van der Waals surface area contributed by atoms with Gasteiger partial charge in [0.15, 0.2) is 0 Å². The zero-order valence-corrected chi connectivity index (χ0v) is 14.5. The maximum Gasteiger partial charge on any atom is 0.134 e. The van der Waals surface area contributed by atoms with E-state index in [1.165, 1.54) is 5.56 Å². The number of rotatable bonds is 5. The highest BCUT2D eigenvalue weighted by molar-refractivity contribution is 6.47. The van der Waals surface area contributed by atoms with Crippen LogP contribution in [0.3, 0.4) is 0 Å². The molecule has 0 bridgehead atoms. The first kappa shape index (κ1) is 18.2. The van der Waals surface area contributed by atoms with E-state index in [-0.39, 0.29) is 16.8 Å². The van der Waals surface area contributed by atoms with Crippen molar-refractivity contribution in [1.29, 1.82) is 0 Å². The van der Waals surface area contributed by atoms with Crippen LogP contribution < -0.4 is 0 Å². The van der Waals surface area contributed by atoms with E-state index in [0.29, 0.717) is 11.8 Å². The van der Waals surface area contributed by atoms with E-state index in [1.54, 1.807) is 6.92 Å². The zero-order chi connectivity index (χ0) is 16.9. The van der Waals surface area contributed by atoms with E-state index < -0.39 is 0 Å². The van der Waals surface area contributed by atoms with Crippen LogP contribution in [-0.4, -0.2) is 21.8 Å². The highest BCUT2D eigenvalue weighted by Gasteiger charge is 2.27. The SMILES string of the molecule is CC(=N\O)/C(=N/O)c1ccc(C(CC(C)C)C(C)(C)C)cc1. The molecule has 1 rings (SSSR count). The Hall–Kier alpha value is -1.84. The van der Waals surface area contributed by atoms with Crippen LogP contribution in [-0.2, 0) is 0 Å². The first-order valence-corrected chi connectivity index (χ1v) is 7.72. The Morgan fingerprint density at radius 1 is 1.05 bits per heavy atom. The van der Waals surface area contributed by atoms with Crippen LogP contribution in [0, 0.1) is 11.3 Å². The summed E-state index contributed by atoms with van der Waals surface area (Å²) >= 11 is 0. The summed E-state index contributed by atoms with van der Waals surface area (Å²) < 4.78 is 0. The van der Waals surface area contributed by atoms with Crippen LogP contribution in [0.4, 0.5) is 0 Å². The first-order valence-electron chi connectivity index (χ1n) is 7.72. The quantitative estimate of drug-likeness (QED) is 0.462. The van der Waals surface area contributed by atoms with Crippen molar-refractivity contribution in [1.82, 2.24) is 0 Å². The van der Waals surface area contributed by atoms with Crippen molar-refractivity contribution in [3.05, 3.63) is 35.4 Å². The molecule has 1 aromatic carbocycles. The minimum atomic E-state index is 0.183. The van der Waals surface area contributed by atoms with E-state index in [0.717, 1.165) is 12.0 Å². The van der Waals surface area contributed by atoms with Gasteiger partial charge in [-0.05, 0) is 36.2 Å². The van der Waals surface area contributed by atoms with Crippen LogP contribution >= 0.6 is 0 Å². The van der Waals surface area contributed by atoms with Gasteiger partial charge in [-0.2, -0.15) is 0 Å². The molecule has 0 amide bonds. The maximum atomic E-state index is 9.10. The fourth-order valence-corrected chi connectivity index (χ4v) is 2.72. The van der Waals surface area contributed by atoms with Crippen molar-refractivity contribution in [3.63, 3.8) is 0 Å². The van der Waals surface area contributed by atoms with E-state index in [9.17, 15) is 0 Å². The van der Waals surface area contributed by atoms with Crippen molar-refractivity contribution >= 4 is 11.4 Å². The highest BCUT2D eigenvalue weighted by atomic mass is 16.4. The second-order valence-corrected chi connectivity index (χ2v) is 7.30. The molecule has 4 heteroatoms. The molecule has 4 nitrogen and oxygen atoms in total. The second kappa shape index (κ2) is 7.43. The van der Waals surface area contributed by atoms with Crippen LogP contribution in [0.15, 0.2) is 34.6 Å². The Labute approximate surface area is 133 Å². The molecular formula is C18H28N2O2. The molecule has 1 unspecified atom stereocenters. The molecule has 0 spiro atoms. The smallest absolute Gasteiger partial charge is 0.134 e. The second-order valence-electron chi connectivity index (χ2n) is 7.30. The van der Waals surface area contributed by atoms with Crippen molar-refractivity contribution < 1.29 is 10.4 Å². The molecule has 0 heterocycles. The van der Waals surface area contributed by atoms with Crippen molar-refractivity contribution in [2.75, 3.05) is 0 Å². The average molecular weight is 304 g/mol. The largest absolute Gasteiger partial charge is 0.411 e. The van der Waals surface area contributed by atoms with E-state index in [2.05, 4.69) is 57.1 Å². The molecule has 1 aromatic rings. The Balaban J connectivity index is 3.14. The molecule has 2 N–H and O–H groups in total.